The molecule has 0 aliphatic rings. The summed E-state index contributed by atoms with van der Waals surface area (Å²) < 4.78 is 0. The van der Waals surface area contributed by atoms with Crippen LogP contribution >= 0.6 is 0 Å². The van der Waals surface area contributed by atoms with Gasteiger partial charge in [-0.25, -0.2) is 0 Å². The molecular formula is C29H37HfSi. The van der Waals surface area contributed by atoms with Crippen LogP contribution in [0.4, 0.5) is 0 Å². The summed E-state index contributed by atoms with van der Waals surface area (Å²) in [6, 6.07) is 23.8. The summed E-state index contributed by atoms with van der Waals surface area (Å²) in [5, 5.41) is 5.78. The molecule has 0 aliphatic heterocycles. The van der Waals surface area contributed by atoms with Crippen molar-refractivity contribution in [2.75, 3.05) is 0 Å². The molecule has 31 heavy (non-hydrogen) atoms. The van der Waals surface area contributed by atoms with Crippen molar-refractivity contribution in [2.24, 2.45) is 0 Å². The first-order valence-corrected chi connectivity index (χ1v) is 18.5. The van der Waals surface area contributed by atoms with E-state index in [9.17, 15) is 0 Å². The first-order chi connectivity index (χ1) is 15.1. The zero-order chi connectivity index (χ0) is 22.6. The summed E-state index contributed by atoms with van der Waals surface area (Å²) in [4.78, 5) is 0. The molecule has 0 aliphatic carbocycles. The molecule has 4 aromatic rings. The minimum Gasteiger partial charge on any atom is -0.168 e. The molecule has 0 aromatic heterocycles. The normalized spacial score (nSPS) is 10.4. The van der Waals surface area contributed by atoms with Crippen LogP contribution in [0.15, 0.2) is 60.7 Å². The van der Waals surface area contributed by atoms with Gasteiger partial charge in [0.1, 0.15) is 0 Å². The Balaban J connectivity index is 0.000000182. The smallest absolute Gasteiger partial charge is 0.0397 e. The molecule has 0 nitrogen and oxygen atoms in total. The van der Waals surface area contributed by atoms with Crippen LogP contribution in [0.25, 0.3) is 21.5 Å². The van der Waals surface area contributed by atoms with Gasteiger partial charge in [0.25, 0.3) is 0 Å². The Hall–Kier alpha value is -1.25. The van der Waals surface area contributed by atoms with Gasteiger partial charge in [0.2, 0.25) is 0 Å². The molecule has 0 N–H and O–H groups in total. The van der Waals surface area contributed by atoms with Gasteiger partial charge in [0.15, 0.2) is 0 Å². The van der Waals surface area contributed by atoms with Crippen LogP contribution in [0.3, 0.4) is 0 Å². The van der Waals surface area contributed by atoms with Gasteiger partial charge in [-0.1, -0.05) is 63.8 Å². The third-order valence-electron chi connectivity index (χ3n) is 5.89. The summed E-state index contributed by atoms with van der Waals surface area (Å²) in [6.07, 6.45) is 7.21. The SMILES string of the molecule is CCC[Si]=[Hf+2].CCc1ccc(CC)c2[cH-]ccc12.CCc1ccc(CC)c2[cH-]ccc12. The topological polar surface area (TPSA) is 0 Å². The van der Waals surface area contributed by atoms with Gasteiger partial charge in [-0.2, -0.15) is 24.3 Å². The number of fused-ring (bicyclic) bond motifs is 2. The predicted molar refractivity (Wildman–Crippen MR) is 137 cm³/mol. The molecule has 4 rings (SSSR count). The molecule has 0 atom stereocenters. The quantitative estimate of drug-likeness (QED) is 0.156. The van der Waals surface area contributed by atoms with E-state index in [4.69, 9.17) is 0 Å². The number of aryl methyl sites for hydroxylation is 4. The van der Waals surface area contributed by atoms with Crippen LogP contribution < -0.4 is 0 Å². The molecule has 0 spiro atoms. The van der Waals surface area contributed by atoms with E-state index in [1.807, 2.05) is 0 Å². The van der Waals surface area contributed by atoms with Crippen molar-refractivity contribution in [1.29, 1.82) is 0 Å². The van der Waals surface area contributed by atoms with Crippen molar-refractivity contribution in [3.63, 3.8) is 0 Å². The molecule has 0 amide bonds. The van der Waals surface area contributed by atoms with E-state index in [0.717, 1.165) is 25.7 Å². The Morgan fingerprint density at radius 2 is 1.00 bits per heavy atom. The molecule has 1 radical (unpaired) electrons. The first kappa shape index (κ1) is 26.0. The van der Waals surface area contributed by atoms with E-state index >= 15 is 0 Å². The fraction of sp³-hybridized carbons (Fsp3) is 0.379. The number of hydrogen-bond acceptors (Lipinski definition) is 0. The minimum atomic E-state index is 1.13. The van der Waals surface area contributed by atoms with Crippen LogP contribution in [0.2, 0.25) is 6.04 Å². The van der Waals surface area contributed by atoms with E-state index in [-0.39, 0.29) is 0 Å². The van der Waals surface area contributed by atoms with Crippen LogP contribution in [-0.2, 0) is 48.7 Å². The average Bonchev–Trinajstić information content (AvgIpc) is 3.49. The number of benzene rings is 2. The van der Waals surface area contributed by atoms with Crippen LogP contribution in [-0.4, -0.2) is 6.22 Å². The summed E-state index contributed by atoms with van der Waals surface area (Å²) in [7, 11) is 0. The van der Waals surface area contributed by atoms with Crippen LogP contribution in [0, 0.1) is 0 Å². The molecule has 0 fully saturated rings. The summed E-state index contributed by atoms with van der Waals surface area (Å²) in [5.41, 5.74) is 5.88. The molecule has 161 valence electrons. The summed E-state index contributed by atoms with van der Waals surface area (Å²) in [5.74, 6) is 0. The van der Waals surface area contributed by atoms with Crippen LogP contribution in [0.1, 0.15) is 63.3 Å². The van der Waals surface area contributed by atoms with E-state index < -0.39 is 0 Å². The van der Waals surface area contributed by atoms with E-state index in [1.54, 1.807) is 0 Å². The third-order valence-corrected chi connectivity index (χ3v) is 9.33. The van der Waals surface area contributed by atoms with Crippen molar-refractivity contribution in [1.82, 2.24) is 0 Å². The monoisotopic (exact) mass is 593 g/mol. The number of rotatable bonds is 6. The molecule has 4 aromatic carbocycles. The number of hydrogen-bond donors (Lipinski definition) is 0. The standard InChI is InChI=1S/2C13H15.C3H7Si.Hf/c2*1-3-10-8-9-11(4-2)13-7-5-6-12(10)13;1-2-3-4;/h2*5-9H,3-4H2,1-2H3;2-3H2,1H3;/q2*-1;;+2. The molecule has 0 heterocycles. The molecule has 0 saturated heterocycles. The van der Waals surface area contributed by atoms with E-state index in [1.165, 1.54) is 85.5 Å². The van der Waals surface area contributed by atoms with Crippen molar-refractivity contribution >= 4 is 27.8 Å². The van der Waals surface area contributed by atoms with E-state index in [0.29, 0.717) is 0 Å². The molecule has 0 saturated carbocycles. The van der Waals surface area contributed by atoms with Crippen molar-refractivity contribution in [3.05, 3.63) is 82.9 Å². The van der Waals surface area contributed by atoms with Gasteiger partial charge in [0, 0.05) is 0 Å². The van der Waals surface area contributed by atoms with Crippen molar-refractivity contribution in [2.45, 2.75) is 72.8 Å². The van der Waals surface area contributed by atoms with Crippen molar-refractivity contribution in [3.8, 4) is 0 Å². The Morgan fingerprint density at radius 1 is 0.613 bits per heavy atom. The second kappa shape index (κ2) is 14.0. The van der Waals surface area contributed by atoms with E-state index in [2.05, 4.69) is 95.3 Å². The average molecular weight is 592 g/mol. The Morgan fingerprint density at radius 3 is 1.29 bits per heavy atom. The van der Waals surface area contributed by atoms with Gasteiger partial charge in [0.05, 0.1) is 0 Å². The van der Waals surface area contributed by atoms with Crippen molar-refractivity contribution < 1.29 is 23.0 Å². The molecule has 0 bridgehead atoms. The zero-order valence-electron chi connectivity index (χ0n) is 20.0. The fourth-order valence-electron chi connectivity index (χ4n) is 4.08. The second-order valence-electron chi connectivity index (χ2n) is 7.81. The summed E-state index contributed by atoms with van der Waals surface area (Å²) in [6.45, 7) is 11.1. The summed E-state index contributed by atoms with van der Waals surface area (Å²) >= 11 is 1.43. The van der Waals surface area contributed by atoms with Gasteiger partial charge >= 0.3 is 48.6 Å². The minimum absolute atomic E-state index is 1.13. The molecule has 2 heteroatoms. The van der Waals surface area contributed by atoms with Gasteiger partial charge < -0.3 is 0 Å². The second-order valence-corrected chi connectivity index (χ2v) is 12.5. The fourth-order valence-corrected chi connectivity index (χ4v) is 7.02. The molecule has 0 unspecified atom stereocenters. The Bertz CT molecular complexity index is 909. The molecular weight excluding hydrogens is 555 g/mol. The van der Waals surface area contributed by atoms with Gasteiger partial charge in [-0.15, -0.1) is 56.9 Å². The predicted octanol–water partition coefficient (Wildman–Crippen LogP) is 8.35. The maximum absolute atomic E-state index is 2.27. The third kappa shape index (κ3) is 6.86. The maximum Gasteiger partial charge on any atom is -0.0397 e. The first-order valence-electron chi connectivity index (χ1n) is 11.9. The zero-order valence-corrected chi connectivity index (χ0v) is 24.6. The maximum atomic E-state index is 2.27. The van der Waals surface area contributed by atoms with Crippen LogP contribution in [0.5, 0.6) is 0 Å². The van der Waals surface area contributed by atoms with Gasteiger partial charge in [-0.3, -0.25) is 0 Å². The Kier molecular flexibility index (Phi) is 11.8. The Labute approximate surface area is 205 Å². The largest absolute Gasteiger partial charge is 0.168 e. The van der Waals surface area contributed by atoms with Gasteiger partial charge in [-0.05, 0) is 12.8 Å².